The molecule has 0 aliphatic heterocycles. The van der Waals surface area contributed by atoms with Crippen molar-refractivity contribution in [2.45, 2.75) is 367 Å². The minimum Gasteiger partial charge on any atom is -0.462 e. The van der Waals surface area contributed by atoms with E-state index in [9.17, 15) is 14.4 Å². The first-order chi connectivity index (χ1) is 35.5. The SMILES string of the molecule is CCCCC/C=C\C/C=C\CCCCCCCC(=O)OC(COC(=O)CCCCCCCCCCCCCCC)COC(=O)CCCCCCCCCCCCCCCCCCCCCCCCCCCC. The number of carbonyl (C=O) groups excluding carboxylic acids is 3. The predicted molar refractivity (Wildman–Crippen MR) is 312 cm³/mol. The number of hydrogen-bond acceptors (Lipinski definition) is 6. The van der Waals surface area contributed by atoms with Gasteiger partial charge >= 0.3 is 17.9 Å². The fraction of sp³-hybridized carbons (Fsp3) is 0.894. The zero-order valence-corrected chi connectivity index (χ0v) is 48.7. The molecule has 0 saturated heterocycles. The monoisotopic (exact) mass is 1010 g/mol. The standard InChI is InChI=1S/C66H124O6/c1-4-7-10-13-16-19-22-25-27-28-29-30-31-32-33-34-35-36-37-39-41-44-47-50-53-56-59-65(68)71-62-63(61-70-64(67)58-55-52-49-46-43-40-24-21-18-15-12-9-6-3)72-66(69)60-57-54-51-48-45-42-38-26-23-20-17-14-11-8-5-2/h17,20,26,38,63H,4-16,18-19,21-25,27-37,39-62H2,1-3H3/b20-17-,38-26-. The van der Waals surface area contributed by atoms with Crippen molar-refractivity contribution in [3.63, 3.8) is 0 Å². The Hall–Kier alpha value is -2.11. The van der Waals surface area contributed by atoms with Crippen LogP contribution < -0.4 is 0 Å². The molecule has 424 valence electrons. The van der Waals surface area contributed by atoms with Gasteiger partial charge in [-0.1, -0.05) is 315 Å². The molecule has 0 aromatic carbocycles. The van der Waals surface area contributed by atoms with Crippen LogP contribution >= 0.6 is 0 Å². The van der Waals surface area contributed by atoms with E-state index in [1.54, 1.807) is 0 Å². The molecule has 0 heterocycles. The molecule has 72 heavy (non-hydrogen) atoms. The van der Waals surface area contributed by atoms with Gasteiger partial charge in [0.25, 0.3) is 0 Å². The molecule has 1 unspecified atom stereocenters. The van der Waals surface area contributed by atoms with Crippen molar-refractivity contribution in [2.24, 2.45) is 0 Å². The summed E-state index contributed by atoms with van der Waals surface area (Å²) in [6, 6.07) is 0. The molecule has 1 atom stereocenters. The van der Waals surface area contributed by atoms with Crippen LogP contribution in [0.25, 0.3) is 0 Å². The molecule has 0 aliphatic rings. The molecule has 0 amide bonds. The quantitative estimate of drug-likeness (QED) is 0.0261. The molecule has 0 spiro atoms. The van der Waals surface area contributed by atoms with Gasteiger partial charge in [-0.3, -0.25) is 14.4 Å². The third-order valence-corrected chi connectivity index (χ3v) is 14.7. The Morgan fingerprint density at radius 1 is 0.278 bits per heavy atom. The van der Waals surface area contributed by atoms with Gasteiger partial charge in [-0.15, -0.1) is 0 Å². The summed E-state index contributed by atoms with van der Waals surface area (Å²) in [5.74, 6) is -0.859. The number of unbranched alkanes of at least 4 members (excludes halogenated alkanes) is 45. The molecule has 0 bridgehead atoms. The molecule has 0 rings (SSSR count). The lowest BCUT2D eigenvalue weighted by Crippen LogP contribution is -2.30. The fourth-order valence-electron chi connectivity index (χ4n) is 9.83. The van der Waals surface area contributed by atoms with Crippen LogP contribution in [0, 0.1) is 0 Å². The van der Waals surface area contributed by atoms with Crippen molar-refractivity contribution in [2.75, 3.05) is 13.2 Å². The maximum Gasteiger partial charge on any atom is 0.306 e. The summed E-state index contributed by atoms with van der Waals surface area (Å²) in [6.45, 7) is 6.67. The van der Waals surface area contributed by atoms with Gasteiger partial charge in [-0.25, -0.2) is 0 Å². The molecule has 0 radical (unpaired) electrons. The summed E-state index contributed by atoms with van der Waals surface area (Å²) in [5, 5.41) is 0. The maximum absolute atomic E-state index is 12.9. The predicted octanol–water partition coefficient (Wildman–Crippen LogP) is 21.8. The van der Waals surface area contributed by atoms with Gasteiger partial charge in [0.2, 0.25) is 0 Å². The van der Waals surface area contributed by atoms with E-state index < -0.39 is 6.10 Å². The second-order valence-electron chi connectivity index (χ2n) is 22.0. The molecule has 0 fully saturated rings. The number of ether oxygens (including phenoxy) is 3. The minimum atomic E-state index is -0.774. The Labute approximate surface area is 449 Å². The first-order valence-electron chi connectivity index (χ1n) is 32.3. The lowest BCUT2D eigenvalue weighted by molar-refractivity contribution is -0.167. The summed E-state index contributed by atoms with van der Waals surface area (Å²) in [7, 11) is 0. The van der Waals surface area contributed by atoms with E-state index in [1.165, 1.54) is 244 Å². The fourth-order valence-corrected chi connectivity index (χ4v) is 9.83. The van der Waals surface area contributed by atoms with Gasteiger partial charge in [0, 0.05) is 19.3 Å². The first-order valence-corrected chi connectivity index (χ1v) is 32.3. The lowest BCUT2D eigenvalue weighted by atomic mass is 10.0. The van der Waals surface area contributed by atoms with Gasteiger partial charge in [0.15, 0.2) is 6.10 Å². The molecular weight excluding hydrogens is 889 g/mol. The molecule has 6 nitrogen and oxygen atoms in total. The minimum absolute atomic E-state index is 0.0712. The summed E-state index contributed by atoms with van der Waals surface area (Å²) in [5.41, 5.74) is 0. The largest absolute Gasteiger partial charge is 0.462 e. The number of rotatable bonds is 60. The van der Waals surface area contributed by atoms with Crippen LogP contribution in [0.3, 0.4) is 0 Å². The zero-order chi connectivity index (χ0) is 52.2. The highest BCUT2D eigenvalue weighted by molar-refractivity contribution is 5.71. The average Bonchev–Trinajstić information content (AvgIpc) is 3.38. The zero-order valence-electron chi connectivity index (χ0n) is 48.7. The highest BCUT2D eigenvalue weighted by Gasteiger charge is 2.19. The molecule has 0 aliphatic carbocycles. The van der Waals surface area contributed by atoms with Crippen LogP contribution in [0.2, 0.25) is 0 Å². The van der Waals surface area contributed by atoms with Gasteiger partial charge in [-0.2, -0.15) is 0 Å². The van der Waals surface area contributed by atoms with Crippen LogP contribution in [-0.4, -0.2) is 37.2 Å². The van der Waals surface area contributed by atoms with Crippen molar-refractivity contribution in [3.8, 4) is 0 Å². The van der Waals surface area contributed by atoms with Gasteiger partial charge in [0.05, 0.1) is 0 Å². The van der Waals surface area contributed by atoms with E-state index in [-0.39, 0.29) is 31.1 Å². The Kier molecular flexibility index (Phi) is 59.6. The summed E-state index contributed by atoms with van der Waals surface area (Å²) in [6.07, 6.45) is 73.4. The van der Waals surface area contributed by atoms with Crippen molar-refractivity contribution < 1.29 is 28.6 Å². The summed E-state index contributed by atoms with van der Waals surface area (Å²) >= 11 is 0. The lowest BCUT2D eigenvalue weighted by Gasteiger charge is -2.18. The van der Waals surface area contributed by atoms with Gasteiger partial charge < -0.3 is 14.2 Å². The van der Waals surface area contributed by atoms with E-state index in [1.807, 2.05) is 0 Å². The molecular formula is C66H124O6. The van der Waals surface area contributed by atoms with E-state index in [0.717, 1.165) is 77.0 Å². The molecule has 6 heteroatoms. The molecule has 0 aromatic heterocycles. The maximum atomic E-state index is 12.9. The number of esters is 3. The number of carbonyl (C=O) groups is 3. The first kappa shape index (κ1) is 69.9. The van der Waals surface area contributed by atoms with Gasteiger partial charge in [0.1, 0.15) is 13.2 Å². The van der Waals surface area contributed by atoms with Gasteiger partial charge in [-0.05, 0) is 51.4 Å². The smallest absolute Gasteiger partial charge is 0.306 e. The Balaban J connectivity index is 4.19. The van der Waals surface area contributed by atoms with Crippen molar-refractivity contribution in [1.82, 2.24) is 0 Å². The van der Waals surface area contributed by atoms with E-state index >= 15 is 0 Å². The van der Waals surface area contributed by atoms with Crippen LogP contribution in [0.15, 0.2) is 24.3 Å². The van der Waals surface area contributed by atoms with E-state index in [0.29, 0.717) is 19.3 Å². The van der Waals surface area contributed by atoms with Crippen molar-refractivity contribution in [3.05, 3.63) is 24.3 Å². The van der Waals surface area contributed by atoms with E-state index in [4.69, 9.17) is 14.2 Å². The van der Waals surface area contributed by atoms with Crippen LogP contribution in [-0.2, 0) is 28.6 Å². The van der Waals surface area contributed by atoms with Crippen molar-refractivity contribution >= 4 is 17.9 Å². The number of hydrogen-bond donors (Lipinski definition) is 0. The Morgan fingerprint density at radius 2 is 0.500 bits per heavy atom. The van der Waals surface area contributed by atoms with Crippen LogP contribution in [0.5, 0.6) is 0 Å². The normalized spacial score (nSPS) is 12.1. The second kappa shape index (κ2) is 61.4. The van der Waals surface area contributed by atoms with Crippen molar-refractivity contribution in [1.29, 1.82) is 0 Å². The topological polar surface area (TPSA) is 78.9 Å². The highest BCUT2D eigenvalue weighted by Crippen LogP contribution is 2.18. The summed E-state index contributed by atoms with van der Waals surface area (Å²) < 4.78 is 16.9. The molecule has 0 N–H and O–H groups in total. The van der Waals surface area contributed by atoms with Crippen LogP contribution in [0.1, 0.15) is 361 Å². The second-order valence-corrected chi connectivity index (χ2v) is 22.0. The van der Waals surface area contributed by atoms with E-state index in [2.05, 4.69) is 45.1 Å². The highest BCUT2D eigenvalue weighted by atomic mass is 16.6. The Morgan fingerprint density at radius 3 is 0.792 bits per heavy atom. The Bertz CT molecular complexity index is 1160. The van der Waals surface area contributed by atoms with Crippen LogP contribution in [0.4, 0.5) is 0 Å². The average molecular weight is 1010 g/mol. The number of allylic oxidation sites excluding steroid dienone is 4. The molecule has 0 aromatic rings. The third kappa shape index (κ3) is 58.8. The summed E-state index contributed by atoms with van der Waals surface area (Å²) in [4.78, 5) is 38.2. The molecule has 0 saturated carbocycles. The third-order valence-electron chi connectivity index (χ3n) is 14.7.